The second kappa shape index (κ2) is 10.9. The number of H-pyrrole nitrogens is 1. The molecule has 4 heterocycles. The zero-order chi connectivity index (χ0) is 28.6. The molecule has 2 atom stereocenters. The van der Waals surface area contributed by atoms with Crippen molar-refractivity contribution in [1.29, 1.82) is 0 Å². The fourth-order valence-corrected chi connectivity index (χ4v) is 6.52. The zero-order valence-corrected chi connectivity index (χ0v) is 23.6. The standard InChI is InChI=1S/C33H33N7O2/c1-2-23-14-10-11-19-38(23)30(41)21-39-28-17-8-9-18-29(28)40-31(22-12-4-3-5-13-22)36-37-32(40)25(33(39)42)20-27-24-15-6-7-16-26(24)34-35-27/h3-9,12-13,15-18,23,25H,2,10-11,14,19-21H2,1H3,(H,34,35)/t23-,25?/m0/s1. The Morgan fingerprint density at radius 3 is 2.52 bits per heavy atom. The van der Waals surface area contributed by atoms with Crippen molar-refractivity contribution in [2.24, 2.45) is 0 Å². The highest BCUT2D eigenvalue weighted by Crippen LogP contribution is 2.39. The number of piperidine rings is 1. The van der Waals surface area contributed by atoms with E-state index in [0.717, 1.165) is 60.1 Å². The second-order valence-electron chi connectivity index (χ2n) is 11.1. The van der Waals surface area contributed by atoms with Crippen LogP contribution < -0.4 is 4.90 Å². The van der Waals surface area contributed by atoms with Crippen molar-refractivity contribution in [3.63, 3.8) is 0 Å². The molecule has 0 aliphatic carbocycles. The van der Waals surface area contributed by atoms with Crippen LogP contribution in [0.15, 0.2) is 78.9 Å². The summed E-state index contributed by atoms with van der Waals surface area (Å²) in [6, 6.07) is 25.7. The molecule has 1 saturated heterocycles. The average Bonchev–Trinajstić information content (AvgIpc) is 3.65. The fourth-order valence-electron chi connectivity index (χ4n) is 6.52. The van der Waals surface area contributed by atoms with Gasteiger partial charge in [0.1, 0.15) is 12.5 Å². The molecule has 2 amide bonds. The van der Waals surface area contributed by atoms with Gasteiger partial charge >= 0.3 is 0 Å². The van der Waals surface area contributed by atoms with Gasteiger partial charge in [0.05, 0.1) is 22.6 Å². The lowest BCUT2D eigenvalue weighted by molar-refractivity contribution is -0.135. The molecule has 2 aromatic heterocycles. The molecule has 5 aromatic rings. The van der Waals surface area contributed by atoms with Crippen LogP contribution in [0.25, 0.3) is 28.0 Å². The van der Waals surface area contributed by atoms with Crippen molar-refractivity contribution >= 4 is 28.4 Å². The average molecular weight is 560 g/mol. The summed E-state index contributed by atoms with van der Waals surface area (Å²) < 4.78 is 1.99. The molecule has 3 aromatic carbocycles. The van der Waals surface area contributed by atoms with Gasteiger partial charge in [0, 0.05) is 30.0 Å². The number of hydrogen-bond acceptors (Lipinski definition) is 5. The first kappa shape index (κ1) is 26.1. The zero-order valence-electron chi connectivity index (χ0n) is 23.6. The number of hydrogen-bond donors (Lipinski definition) is 1. The number of nitrogens with one attached hydrogen (secondary N) is 1. The lowest BCUT2D eigenvalue weighted by Crippen LogP contribution is -2.49. The van der Waals surface area contributed by atoms with Gasteiger partial charge in [0.25, 0.3) is 0 Å². The van der Waals surface area contributed by atoms with Crippen LogP contribution in [0, 0.1) is 0 Å². The minimum Gasteiger partial charge on any atom is -0.338 e. The fraction of sp³-hybridized carbons (Fsp3) is 0.303. The number of aromatic nitrogens is 5. The smallest absolute Gasteiger partial charge is 0.242 e. The third-order valence-corrected chi connectivity index (χ3v) is 8.67. The monoisotopic (exact) mass is 559 g/mol. The van der Waals surface area contributed by atoms with Gasteiger partial charge in [-0.1, -0.05) is 67.6 Å². The first-order valence-corrected chi connectivity index (χ1v) is 14.8. The first-order valence-electron chi connectivity index (χ1n) is 14.8. The normalized spacial score (nSPS) is 18.5. The van der Waals surface area contributed by atoms with E-state index in [9.17, 15) is 9.59 Å². The Balaban J connectivity index is 1.37. The Bertz CT molecular complexity index is 1760. The van der Waals surface area contributed by atoms with Gasteiger partial charge in [-0.2, -0.15) is 5.10 Å². The van der Waals surface area contributed by atoms with Crippen LogP contribution in [0.5, 0.6) is 0 Å². The number of para-hydroxylation sites is 3. The predicted octanol–water partition coefficient (Wildman–Crippen LogP) is 5.27. The molecule has 1 fully saturated rings. The van der Waals surface area contributed by atoms with Gasteiger partial charge in [-0.15, -0.1) is 10.2 Å². The molecule has 9 nitrogen and oxygen atoms in total. The van der Waals surface area contributed by atoms with Gasteiger partial charge in [-0.05, 0) is 43.9 Å². The summed E-state index contributed by atoms with van der Waals surface area (Å²) in [6.45, 7) is 2.83. The number of anilines is 1. The van der Waals surface area contributed by atoms with Gasteiger partial charge < -0.3 is 9.80 Å². The minimum absolute atomic E-state index is 0.0189. The summed E-state index contributed by atoms with van der Waals surface area (Å²) >= 11 is 0. The third-order valence-electron chi connectivity index (χ3n) is 8.67. The number of carbonyl (C=O) groups is 2. The molecule has 0 spiro atoms. The molecule has 0 radical (unpaired) electrons. The Kier molecular flexibility index (Phi) is 6.77. The molecule has 1 unspecified atom stereocenters. The van der Waals surface area contributed by atoms with Gasteiger partial charge in [0.15, 0.2) is 11.6 Å². The van der Waals surface area contributed by atoms with E-state index in [2.05, 4.69) is 27.3 Å². The Hall–Kier alpha value is -4.79. The topological polar surface area (TPSA) is 100 Å². The van der Waals surface area contributed by atoms with Gasteiger partial charge in [-0.3, -0.25) is 19.3 Å². The molecule has 1 N–H and O–H groups in total. The Morgan fingerprint density at radius 2 is 1.69 bits per heavy atom. The maximum atomic E-state index is 14.7. The highest BCUT2D eigenvalue weighted by atomic mass is 16.2. The van der Waals surface area contributed by atoms with Crippen molar-refractivity contribution in [2.45, 2.75) is 51.0 Å². The number of rotatable bonds is 6. The maximum Gasteiger partial charge on any atom is 0.242 e. The maximum absolute atomic E-state index is 14.7. The molecule has 2 aliphatic heterocycles. The molecular formula is C33H33N7O2. The number of fused-ring (bicyclic) bond motifs is 4. The molecule has 212 valence electrons. The van der Waals surface area contributed by atoms with Crippen LogP contribution in [0.1, 0.15) is 50.0 Å². The van der Waals surface area contributed by atoms with E-state index in [1.54, 1.807) is 4.90 Å². The van der Waals surface area contributed by atoms with Crippen LogP contribution in [0.2, 0.25) is 0 Å². The summed E-state index contributed by atoms with van der Waals surface area (Å²) in [5.41, 5.74) is 4.03. The summed E-state index contributed by atoms with van der Waals surface area (Å²) in [7, 11) is 0. The number of nitrogens with zero attached hydrogens (tertiary/aromatic N) is 6. The van der Waals surface area contributed by atoms with Crippen molar-refractivity contribution in [1.82, 2.24) is 29.9 Å². The largest absolute Gasteiger partial charge is 0.338 e. The van der Waals surface area contributed by atoms with Crippen LogP contribution >= 0.6 is 0 Å². The SMILES string of the molecule is CC[C@H]1CCCCN1C(=O)CN1C(=O)C(Cc2n[nH]c3ccccc23)c2nnc(-c3ccccc3)n2-c2ccccc21. The number of carbonyl (C=O) groups excluding carboxylic acids is 2. The number of likely N-dealkylation sites (tertiary alicyclic amines) is 1. The van der Waals surface area contributed by atoms with Gasteiger partial charge in [0.2, 0.25) is 11.8 Å². The summed E-state index contributed by atoms with van der Waals surface area (Å²) in [4.78, 5) is 32.2. The molecule has 0 bridgehead atoms. The van der Waals surface area contributed by atoms with Crippen molar-refractivity contribution < 1.29 is 9.59 Å². The number of aromatic amines is 1. The highest BCUT2D eigenvalue weighted by molar-refractivity contribution is 6.05. The number of amides is 2. The highest BCUT2D eigenvalue weighted by Gasteiger charge is 2.40. The van der Waals surface area contributed by atoms with Crippen molar-refractivity contribution in [3.8, 4) is 17.1 Å². The summed E-state index contributed by atoms with van der Waals surface area (Å²) in [5.74, 6) is 0.286. The molecule has 9 heteroatoms. The lowest BCUT2D eigenvalue weighted by Gasteiger charge is -2.37. The van der Waals surface area contributed by atoms with E-state index in [1.165, 1.54) is 0 Å². The van der Waals surface area contributed by atoms with Crippen LogP contribution in [-0.4, -0.2) is 60.8 Å². The second-order valence-corrected chi connectivity index (χ2v) is 11.1. The predicted molar refractivity (Wildman–Crippen MR) is 161 cm³/mol. The molecular weight excluding hydrogens is 526 g/mol. The van der Waals surface area contributed by atoms with Crippen LogP contribution in [-0.2, 0) is 16.0 Å². The third kappa shape index (κ3) is 4.45. The van der Waals surface area contributed by atoms with E-state index in [4.69, 9.17) is 0 Å². The summed E-state index contributed by atoms with van der Waals surface area (Å²) in [5, 5.41) is 17.9. The molecule has 2 aliphatic rings. The summed E-state index contributed by atoms with van der Waals surface area (Å²) in [6.07, 6.45) is 4.35. The van der Waals surface area contributed by atoms with Crippen LogP contribution in [0.3, 0.4) is 0 Å². The van der Waals surface area contributed by atoms with E-state index >= 15 is 0 Å². The van der Waals surface area contributed by atoms with Crippen LogP contribution in [0.4, 0.5) is 5.69 Å². The minimum atomic E-state index is -0.704. The van der Waals surface area contributed by atoms with E-state index < -0.39 is 5.92 Å². The van der Waals surface area contributed by atoms with E-state index in [1.807, 2.05) is 88.3 Å². The number of benzene rings is 3. The molecule has 7 rings (SSSR count). The van der Waals surface area contributed by atoms with E-state index in [0.29, 0.717) is 23.8 Å². The van der Waals surface area contributed by atoms with Gasteiger partial charge in [-0.25, -0.2) is 0 Å². The first-order chi connectivity index (χ1) is 20.6. The molecule has 42 heavy (non-hydrogen) atoms. The Morgan fingerprint density at radius 1 is 0.929 bits per heavy atom. The Labute approximate surface area is 244 Å². The quantitative estimate of drug-likeness (QED) is 0.305. The lowest BCUT2D eigenvalue weighted by atomic mass is 9.98. The van der Waals surface area contributed by atoms with E-state index in [-0.39, 0.29) is 24.4 Å². The van der Waals surface area contributed by atoms with Crippen molar-refractivity contribution in [2.75, 3.05) is 18.0 Å². The van der Waals surface area contributed by atoms with Crippen molar-refractivity contribution in [3.05, 3.63) is 90.4 Å². The molecule has 0 saturated carbocycles.